The Hall–Kier alpha value is -2.55. The number of nitrogens with one attached hydrogen (secondary N) is 2. The average Bonchev–Trinajstić information content (AvgIpc) is 2.36. The van der Waals surface area contributed by atoms with Crippen molar-refractivity contribution in [3.63, 3.8) is 0 Å². The van der Waals surface area contributed by atoms with Gasteiger partial charge >= 0.3 is 6.09 Å². The Bertz CT molecular complexity index is 570. The molecule has 0 heterocycles. The first-order valence-electron chi connectivity index (χ1n) is 6.52. The second kappa shape index (κ2) is 6.75. The van der Waals surface area contributed by atoms with Crippen LogP contribution >= 0.6 is 0 Å². The van der Waals surface area contributed by atoms with Gasteiger partial charge in [-0.3, -0.25) is 4.79 Å². The maximum absolute atomic E-state index is 11.9. The number of ether oxygens (including phenoxy) is 1. The number of benzene rings is 1. The zero-order chi connectivity index (χ0) is 16.0. The van der Waals surface area contributed by atoms with Crippen molar-refractivity contribution in [2.75, 3.05) is 5.32 Å². The molecule has 112 valence electrons. The SMILES string of the molecule is CC(NC(=O)OC(C)(C)C)C(=O)Nc1cccc(C#N)c1. The number of alkyl carbamates (subject to hydrolysis) is 1. The van der Waals surface area contributed by atoms with Gasteiger partial charge in [0.2, 0.25) is 5.91 Å². The predicted octanol–water partition coefficient (Wildman–Crippen LogP) is 2.41. The van der Waals surface area contributed by atoms with Crippen LogP contribution in [0, 0.1) is 11.3 Å². The van der Waals surface area contributed by atoms with Gasteiger partial charge in [-0.05, 0) is 45.9 Å². The minimum atomic E-state index is -0.759. The van der Waals surface area contributed by atoms with Crippen LogP contribution in [-0.4, -0.2) is 23.6 Å². The van der Waals surface area contributed by atoms with Gasteiger partial charge in [0.1, 0.15) is 11.6 Å². The third kappa shape index (κ3) is 5.95. The first-order chi connectivity index (χ1) is 9.71. The summed E-state index contributed by atoms with van der Waals surface area (Å²) in [5.41, 5.74) is 0.318. The zero-order valence-corrected chi connectivity index (χ0v) is 12.6. The summed E-state index contributed by atoms with van der Waals surface area (Å²) in [4.78, 5) is 23.5. The van der Waals surface area contributed by atoms with E-state index in [1.807, 2.05) is 6.07 Å². The highest BCUT2D eigenvalue weighted by atomic mass is 16.6. The number of hydrogen-bond donors (Lipinski definition) is 2. The number of anilines is 1. The molecule has 0 aliphatic heterocycles. The first kappa shape index (κ1) is 16.5. The second-order valence-corrected chi connectivity index (χ2v) is 5.55. The molecule has 1 aromatic rings. The predicted molar refractivity (Wildman–Crippen MR) is 78.6 cm³/mol. The molecule has 6 heteroatoms. The molecule has 0 fully saturated rings. The minimum absolute atomic E-state index is 0.393. The number of rotatable bonds is 3. The van der Waals surface area contributed by atoms with Gasteiger partial charge in [0.15, 0.2) is 0 Å². The van der Waals surface area contributed by atoms with Gasteiger partial charge < -0.3 is 15.4 Å². The maximum atomic E-state index is 11.9. The van der Waals surface area contributed by atoms with E-state index in [-0.39, 0.29) is 0 Å². The maximum Gasteiger partial charge on any atom is 0.408 e. The Morgan fingerprint density at radius 3 is 2.57 bits per heavy atom. The van der Waals surface area contributed by atoms with E-state index in [2.05, 4.69) is 10.6 Å². The van der Waals surface area contributed by atoms with E-state index < -0.39 is 23.6 Å². The molecule has 1 unspecified atom stereocenters. The Balaban J connectivity index is 2.59. The van der Waals surface area contributed by atoms with Crippen molar-refractivity contribution in [2.24, 2.45) is 0 Å². The molecular weight excluding hydrogens is 270 g/mol. The van der Waals surface area contributed by atoms with Gasteiger partial charge in [-0.1, -0.05) is 6.07 Å². The van der Waals surface area contributed by atoms with Gasteiger partial charge in [0.05, 0.1) is 11.6 Å². The summed E-state index contributed by atoms with van der Waals surface area (Å²) in [5, 5.41) is 13.9. The Kier molecular flexibility index (Phi) is 5.30. The lowest BCUT2D eigenvalue weighted by atomic mass is 10.2. The van der Waals surface area contributed by atoms with Crippen molar-refractivity contribution in [2.45, 2.75) is 39.3 Å². The molecule has 1 aromatic carbocycles. The van der Waals surface area contributed by atoms with Crippen LogP contribution in [0.2, 0.25) is 0 Å². The molecule has 2 N–H and O–H groups in total. The van der Waals surface area contributed by atoms with Crippen molar-refractivity contribution in [1.29, 1.82) is 5.26 Å². The summed E-state index contributed by atoms with van der Waals surface area (Å²) in [6.07, 6.45) is -0.657. The third-order valence-electron chi connectivity index (χ3n) is 2.39. The molecule has 0 saturated carbocycles. The number of nitrogens with zero attached hydrogens (tertiary/aromatic N) is 1. The van der Waals surface area contributed by atoms with Crippen molar-refractivity contribution in [3.05, 3.63) is 29.8 Å². The van der Waals surface area contributed by atoms with Gasteiger partial charge in [-0.25, -0.2) is 4.79 Å². The lowest BCUT2D eigenvalue weighted by molar-refractivity contribution is -0.117. The van der Waals surface area contributed by atoms with Crippen molar-refractivity contribution in [1.82, 2.24) is 5.32 Å². The molecule has 0 radical (unpaired) electrons. The van der Waals surface area contributed by atoms with Crippen molar-refractivity contribution < 1.29 is 14.3 Å². The van der Waals surface area contributed by atoms with E-state index in [1.165, 1.54) is 0 Å². The van der Waals surface area contributed by atoms with Crippen molar-refractivity contribution in [3.8, 4) is 6.07 Å². The number of hydrogen-bond acceptors (Lipinski definition) is 4. The topological polar surface area (TPSA) is 91.2 Å². The van der Waals surface area contributed by atoms with E-state index >= 15 is 0 Å². The normalized spacial score (nSPS) is 12.0. The molecule has 0 bridgehead atoms. The quantitative estimate of drug-likeness (QED) is 0.893. The molecule has 6 nitrogen and oxygen atoms in total. The van der Waals surface area contributed by atoms with Gasteiger partial charge in [0, 0.05) is 5.69 Å². The van der Waals surface area contributed by atoms with E-state index in [1.54, 1.807) is 52.0 Å². The number of amides is 2. The zero-order valence-electron chi connectivity index (χ0n) is 12.6. The fourth-order valence-electron chi connectivity index (χ4n) is 1.47. The largest absolute Gasteiger partial charge is 0.444 e. The molecule has 2 amide bonds. The molecule has 21 heavy (non-hydrogen) atoms. The third-order valence-corrected chi connectivity index (χ3v) is 2.39. The van der Waals surface area contributed by atoms with Crippen LogP contribution in [0.25, 0.3) is 0 Å². The van der Waals surface area contributed by atoms with E-state index in [4.69, 9.17) is 10.00 Å². The second-order valence-electron chi connectivity index (χ2n) is 5.55. The van der Waals surface area contributed by atoms with Crippen LogP contribution in [0.1, 0.15) is 33.3 Å². The van der Waals surface area contributed by atoms with Crippen LogP contribution < -0.4 is 10.6 Å². The summed E-state index contributed by atoms with van der Waals surface area (Å²) in [6.45, 7) is 6.77. The Labute approximate surface area is 124 Å². The van der Waals surface area contributed by atoms with Crippen LogP contribution in [0.5, 0.6) is 0 Å². The lowest BCUT2D eigenvalue weighted by Crippen LogP contribution is -2.43. The lowest BCUT2D eigenvalue weighted by Gasteiger charge is -2.21. The van der Waals surface area contributed by atoms with Crippen LogP contribution in [0.3, 0.4) is 0 Å². The smallest absolute Gasteiger partial charge is 0.408 e. The van der Waals surface area contributed by atoms with Crippen LogP contribution in [0.15, 0.2) is 24.3 Å². The number of nitriles is 1. The molecule has 0 spiro atoms. The van der Waals surface area contributed by atoms with E-state index in [0.717, 1.165) is 0 Å². The molecule has 0 aliphatic carbocycles. The molecule has 0 aromatic heterocycles. The Morgan fingerprint density at radius 2 is 2.00 bits per heavy atom. The van der Waals surface area contributed by atoms with Crippen molar-refractivity contribution >= 4 is 17.7 Å². The standard InChI is InChI=1S/C15H19N3O3/c1-10(17-14(20)21-15(2,3)4)13(19)18-12-7-5-6-11(8-12)9-16/h5-8,10H,1-4H3,(H,17,20)(H,18,19). The molecule has 0 aliphatic rings. The summed E-state index contributed by atoms with van der Waals surface area (Å²) in [5.74, 6) is -0.393. The van der Waals surface area contributed by atoms with Gasteiger partial charge in [-0.15, -0.1) is 0 Å². The molecule has 0 saturated heterocycles. The van der Waals surface area contributed by atoms with Crippen LogP contribution in [0.4, 0.5) is 10.5 Å². The minimum Gasteiger partial charge on any atom is -0.444 e. The highest BCUT2D eigenvalue weighted by Crippen LogP contribution is 2.10. The fourth-order valence-corrected chi connectivity index (χ4v) is 1.47. The number of carbonyl (C=O) groups excluding carboxylic acids is 2. The highest BCUT2D eigenvalue weighted by molar-refractivity contribution is 5.96. The van der Waals surface area contributed by atoms with E-state index in [9.17, 15) is 9.59 Å². The molecule has 1 atom stereocenters. The van der Waals surface area contributed by atoms with Gasteiger partial charge in [-0.2, -0.15) is 5.26 Å². The first-order valence-corrected chi connectivity index (χ1v) is 6.52. The highest BCUT2D eigenvalue weighted by Gasteiger charge is 2.21. The monoisotopic (exact) mass is 289 g/mol. The summed E-state index contributed by atoms with van der Waals surface area (Å²) < 4.78 is 5.07. The van der Waals surface area contributed by atoms with Crippen LogP contribution in [-0.2, 0) is 9.53 Å². The summed E-state index contributed by atoms with van der Waals surface area (Å²) >= 11 is 0. The average molecular weight is 289 g/mol. The number of carbonyl (C=O) groups is 2. The molecule has 1 rings (SSSR count). The molecular formula is C15H19N3O3. The summed E-state index contributed by atoms with van der Waals surface area (Å²) in [6, 6.07) is 7.75. The fraction of sp³-hybridized carbons (Fsp3) is 0.400. The Morgan fingerprint density at radius 1 is 1.33 bits per heavy atom. The summed E-state index contributed by atoms with van der Waals surface area (Å²) in [7, 11) is 0. The van der Waals surface area contributed by atoms with E-state index in [0.29, 0.717) is 11.3 Å². The van der Waals surface area contributed by atoms with Gasteiger partial charge in [0.25, 0.3) is 0 Å².